The normalized spacial score (nSPS) is 12.5. The van der Waals surface area contributed by atoms with Gasteiger partial charge in [-0.05, 0) is 18.2 Å². The molecule has 0 bridgehead atoms. The summed E-state index contributed by atoms with van der Waals surface area (Å²) in [7, 11) is 0. The van der Waals surface area contributed by atoms with E-state index in [1.165, 1.54) is 18.2 Å². The fourth-order valence-corrected chi connectivity index (χ4v) is 1.26. The Hall–Kier alpha value is -0.940. The van der Waals surface area contributed by atoms with E-state index in [9.17, 15) is 9.18 Å². The Kier molecular flexibility index (Phi) is 3.00. The van der Waals surface area contributed by atoms with Gasteiger partial charge < -0.3 is 10.8 Å². The number of halogens is 2. The molecule has 3 nitrogen and oxygen atoms in total. The highest BCUT2D eigenvalue weighted by Crippen LogP contribution is 2.20. The number of benzene rings is 1. The lowest BCUT2D eigenvalue weighted by molar-refractivity contribution is -0.138. The van der Waals surface area contributed by atoms with E-state index < -0.39 is 17.8 Å². The molecule has 0 radical (unpaired) electrons. The van der Waals surface area contributed by atoms with E-state index in [-0.39, 0.29) is 5.56 Å². The summed E-state index contributed by atoms with van der Waals surface area (Å²) in [5.74, 6) is -1.87. The Bertz CT molecular complexity index is 343. The summed E-state index contributed by atoms with van der Waals surface area (Å²) < 4.78 is 13.6. The van der Waals surface area contributed by atoms with Crippen LogP contribution in [0, 0.1) is 5.82 Å². The average Bonchev–Trinajstić information content (AvgIpc) is 2.08. The monoisotopic (exact) mass is 247 g/mol. The number of aliphatic carboxylic acids is 1. The third kappa shape index (κ3) is 2.26. The van der Waals surface area contributed by atoms with Gasteiger partial charge in [-0.25, -0.2) is 4.39 Å². The zero-order chi connectivity index (χ0) is 10.0. The lowest BCUT2D eigenvalue weighted by atomic mass is 10.1. The molecule has 0 saturated heterocycles. The molecule has 5 heteroatoms. The number of hydrogen-bond donors (Lipinski definition) is 2. The van der Waals surface area contributed by atoms with Crippen LogP contribution in [-0.4, -0.2) is 11.1 Å². The first-order chi connectivity index (χ1) is 6.02. The van der Waals surface area contributed by atoms with Crippen LogP contribution in [0.2, 0.25) is 0 Å². The molecule has 3 N–H and O–H groups in total. The van der Waals surface area contributed by atoms with Crippen molar-refractivity contribution in [3.05, 3.63) is 34.1 Å². The van der Waals surface area contributed by atoms with E-state index >= 15 is 0 Å². The van der Waals surface area contributed by atoms with Crippen LogP contribution in [0.25, 0.3) is 0 Å². The minimum absolute atomic E-state index is 0.0260. The van der Waals surface area contributed by atoms with Crippen molar-refractivity contribution in [2.75, 3.05) is 0 Å². The average molecular weight is 248 g/mol. The number of nitrogens with two attached hydrogens (primary N) is 1. The van der Waals surface area contributed by atoms with Gasteiger partial charge in [-0.1, -0.05) is 15.9 Å². The maximum atomic E-state index is 13.0. The molecule has 0 fully saturated rings. The van der Waals surface area contributed by atoms with Crippen molar-refractivity contribution < 1.29 is 14.3 Å². The molecule has 1 rings (SSSR count). The molecule has 0 aliphatic rings. The summed E-state index contributed by atoms with van der Waals surface area (Å²) in [5.41, 5.74) is 5.22. The molecule has 0 aliphatic carbocycles. The Labute approximate surface area is 82.5 Å². The van der Waals surface area contributed by atoms with Crippen LogP contribution >= 0.6 is 15.9 Å². The van der Waals surface area contributed by atoms with Crippen molar-refractivity contribution in [2.24, 2.45) is 5.73 Å². The summed E-state index contributed by atoms with van der Waals surface area (Å²) in [4.78, 5) is 10.5. The van der Waals surface area contributed by atoms with E-state index in [0.29, 0.717) is 4.47 Å². The molecule has 0 heterocycles. The highest BCUT2D eigenvalue weighted by atomic mass is 79.9. The first-order valence-corrected chi connectivity index (χ1v) is 4.25. The molecule has 0 spiro atoms. The predicted molar refractivity (Wildman–Crippen MR) is 48.7 cm³/mol. The van der Waals surface area contributed by atoms with E-state index in [1.54, 1.807) is 0 Å². The van der Waals surface area contributed by atoms with Gasteiger partial charge in [-0.15, -0.1) is 0 Å². The van der Waals surface area contributed by atoms with Crippen molar-refractivity contribution in [3.63, 3.8) is 0 Å². The Morgan fingerprint density at radius 3 is 2.77 bits per heavy atom. The van der Waals surface area contributed by atoms with E-state index in [4.69, 9.17) is 10.8 Å². The van der Waals surface area contributed by atoms with Crippen LogP contribution in [0.3, 0.4) is 0 Å². The summed E-state index contributed by atoms with van der Waals surface area (Å²) in [6.45, 7) is 0. The van der Waals surface area contributed by atoms with Crippen LogP contribution in [0.15, 0.2) is 22.7 Å². The van der Waals surface area contributed by atoms with Crippen molar-refractivity contribution in [1.82, 2.24) is 0 Å². The van der Waals surface area contributed by atoms with E-state index in [2.05, 4.69) is 15.9 Å². The van der Waals surface area contributed by atoms with Crippen LogP contribution in [0.1, 0.15) is 11.6 Å². The van der Waals surface area contributed by atoms with Gasteiger partial charge in [0.1, 0.15) is 11.9 Å². The van der Waals surface area contributed by atoms with Gasteiger partial charge in [-0.3, -0.25) is 4.79 Å². The zero-order valence-electron chi connectivity index (χ0n) is 6.50. The first kappa shape index (κ1) is 10.1. The Morgan fingerprint density at radius 1 is 1.62 bits per heavy atom. The molecule has 1 aromatic rings. The minimum atomic E-state index is -1.32. The quantitative estimate of drug-likeness (QED) is 0.836. The number of carbonyl (C=O) groups is 1. The number of carboxylic acids is 1. The largest absolute Gasteiger partial charge is 0.480 e. The molecule has 0 aromatic heterocycles. The van der Waals surface area contributed by atoms with Gasteiger partial charge >= 0.3 is 5.97 Å². The number of carboxylic acid groups (broad SMARTS) is 1. The van der Waals surface area contributed by atoms with Crippen molar-refractivity contribution in [2.45, 2.75) is 6.04 Å². The molecule has 0 saturated carbocycles. The van der Waals surface area contributed by atoms with Gasteiger partial charge in [-0.2, -0.15) is 0 Å². The molecule has 1 atom stereocenters. The molecule has 70 valence electrons. The van der Waals surface area contributed by atoms with Gasteiger partial charge in [0.25, 0.3) is 0 Å². The van der Waals surface area contributed by atoms with Gasteiger partial charge in [0, 0.05) is 10.0 Å². The third-order valence-electron chi connectivity index (χ3n) is 1.56. The van der Waals surface area contributed by atoms with Crippen molar-refractivity contribution in [3.8, 4) is 0 Å². The Morgan fingerprint density at radius 2 is 2.23 bits per heavy atom. The highest BCUT2D eigenvalue weighted by Gasteiger charge is 2.18. The minimum Gasteiger partial charge on any atom is -0.480 e. The molecular formula is C8H7BrFNO2. The summed E-state index contributed by atoms with van der Waals surface area (Å²) in [6, 6.07) is 2.68. The zero-order valence-corrected chi connectivity index (χ0v) is 8.08. The smallest absolute Gasteiger partial charge is 0.325 e. The van der Waals surface area contributed by atoms with Crippen LogP contribution in [-0.2, 0) is 4.79 Å². The molecular weight excluding hydrogens is 241 g/mol. The van der Waals surface area contributed by atoms with Crippen molar-refractivity contribution >= 4 is 21.9 Å². The molecule has 13 heavy (non-hydrogen) atoms. The van der Waals surface area contributed by atoms with E-state index in [0.717, 1.165) is 0 Å². The maximum absolute atomic E-state index is 13.0. The number of hydrogen-bond acceptors (Lipinski definition) is 2. The van der Waals surface area contributed by atoms with Crippen molar-refractivity contribution in [1.29, 1.82) is 0 Å². The lowest BCUT2D eigenvalue weighted by Gasteiger charge is -2.07. The van der Waals surface area contributed by atoms with Gasteiger partial charge in [0.2, 0.25) is 0 Å². The van der Waals surface area contributed by atoms with Crippen LogP contribution in [0.5, 0.6) is 0 Å². The summed E-state index contributed by atoms with van der Waals surface area (Å²) in [5, 5.41) is 8.54. The standard InChI is InChI=1S/C8H7BrFNO2/c9-4-1-2-6(10)5(3-4)7(11)8(12)13/h1-3,7H,11H2,(H,12,13). The summed E-state index contributed by atoms with van der Waals surface area (Å²) in [6.07, 6.45) is 0. The number of rotatable bonds is 2. The highest BCUT2D eigenvalue weighted by molar-refractivity contribution is 9.10. The fourth-order valence-electron chi connectivity index (χ4n) is 0.886. The third-order valence-corrected chi connectivity index (χ3v) is 2.05. The molecule has 1 unspecified atom stereocenters. The topological polar surface area (TPSA) is 63.3 Å². The van der Waals surface area contributed by atoms with Crippen LogP contribution < -0.4 is 5.73 Å². The SMILES string of the molecule is NC(C(=O)O)c1cc(Br)ccc1F. The fraction of sp³-hybridized carbons (Fsp3) is 0.125. The maximum Gasteiger partial charge on any atom is 0.325 e. The lowest BCUT2D eigenvalue weighted by Crippen LogP contribution is -2.21. The Balaban J connectivity index is 3.12. The second kappa shape index (κ2) is 3.85. The van der Waals surface area contributed by atoms with E-state index in [1.807, 2.05) is 0 Å². The van der Waals surface area contributed by atoms with Crippen LogP contribution in [0.4, 0.5) is 4.39 Å². The van der Waals surface area contributed by atoms with Gasteiger partial charge in [0.15, 0.2) is 0 Å². The molecule has 1 aromatic carbocycles. The predicted octanol–water partition coefficient (Wildman–Crippen LogP) is 1.67. The second-order valence-electron chi connectivity index (χ2n) is 2.48. The molecule has 0 aliphatic heterocycles. The molecule has 0 amide bonds. The summed E-state index contributed by atoms with van der Waals surface area (Å²) >= 11 is 3.10. The van der Waals surface area contributed by atoms with Gasteiger partial charge in [0.05, 0.1) is 0 Å². The first-order valence-electron chi connectivity index (χ1n) is 3.45. The second-order valence-corrected chi connectivity index (χ2v) is 3.40.